The lowest BCUT2D eigenvalue weighted by Gasteiger charge is -2.55. The molecule has 42 heavy (non-hydrogen) atoms. The van der Waals surface area contributed by atoms with E-state index >= 15 is 0 Å². The molecule has 3 aliphatic rings. The normalized spacial score (nSPS) is 37.2. The van der Waals surface area contributed by atoms with Gasteiger partial charge in [-0.25, -0.2) is 0 Å². The largest absolute Gasteiger partial charge is 0.390 e. The standard InChI is InChI=1S/C32H62ClN7O2/c1-7-10-22(4)32(21-36-16-12-27(32)40-17-13-25(39(5)6)26(41)20-40)38-30(42)28(29(34)35)24-18-31(9-3,14-8-2)15-11-23(33)19-37-24/h19,22-29,36,41H,7-18,20-21,34-35H2,1-6H3,(H,38,42)/b37-19-/t22?,23?,24?,25-,26-,27?,28?,31?,32?/m0/s1. The van der Waals surface area contributed by atoms with Crippen LogP contribution in [0.5, 0.6) is 0 Å². The molecule has 10 heteroatoms. The van der Waals surface area contributed by atoms with E-state index in [9.17, 15) is 9.90 Å². The number of carbonyl (C=O) groups is 1. The summed E-state index contributed by atoms with van der Waals surface area (Å²) >= 11 is 6.66. The molecule has 0 aromatic heterocycles. The van der Waals surface area contributed by atoms with Crippen molar-refractivity contribution in [3.05, 3.63) is 0 Å². The number of alkyl halides is 1. The predicted molar refractivity (Wildman–Crippen MR) is 175 cm³/mol. The SMILES string of the molecule is CCCC(C)C1(NC(=O)C(C(N)N)C2CC(CC)(CCC)CCC(Cl)/C=N\2)CNCCC1N1CC[C@H](N(C)C)[C@@H](O)C1. The van der Waals surface area contributed by atoms with E-state index in [2.05, 4.69) is 48.1 Å². The summed E-state index contributed by atoms with van der Waals surface area (Å²) in [5.74, 6) is -0.560. The Morgan fingerprint density at radius 1 is 1.24 bits per heavy atom. The fourth-order valence-corrected chi connectivity index (χ4v) is 8.58. The zero-order valence-corrected chi connectivity index (χ0v) is 28.1. The highest BCUT2D eigenvalue weighted by Crippen LogP contribution is 2.43. The molecular formula is C32H62ClN7O2. The summed E-state index contributed by atoms with van der Waals surface area (Å²) in [7, 11) is 4.08. The molecule has 0 aromatic carbocycles. The van der Waals surface area contributed by atoms with Gasteiger partial charge in [0.05, 0.1) is 35.1 Å². The number of rotatable bonds is 12. The Hall–Kier alpha value is -0.810. The third-order valence-electron chi connectivity index (χ3n) is 10.9. The fraction of sp³-hybridized carbons (Fsp3) is 0.938. The number of hydrogen-bond acceptors (Lipinski definition) is 8. The minimum Gasteiger partial charge on any atom is -0.390 e. The van der Waals surface area contributed by atoms with Crippen LogP contribution in [0.15, 0.2) is 4.99 Å². The number of hydrogen-bond donors (Lipinski definition) is 5. The van der Waals surface area contributed by atoms with Gasteiger partial charge in [0.25, 0.3) is 0 Å². The van der Waals surface area contributed by atoms with Gasteiger partial charge in [-0.1, -0.05) is 47.0 Å². The van der Waals surface area contributed by atoms with Crippen LogP contribution < -0.4 is 22.1 Å². The van der Waals surface area contributed by atoms with Crippen LogP contribution in [0.1, 0.15) is 91.9 Å². The lowest BCUT2D eigenvalue weighted by molar-refractivity contribution is -0.132. The van der Waals surface area contributed by atoms with Crippen molar-refractivity contribution in [2.24, 2.45) is 33.7 Å². The Labute approximate surface area is 260 Å². The Morgan fingerprint density at radius 2 is 1.98 bits per heavy atom. The molecule has 0 spiro atoms. The van der Waals surface area contributed by atoms with Gasteiger partial charge in [0.15, 0.2) is 0 Å². The summed E-state index contributed by atoms with van der Waals surface area (Å²) in [5, 5.41) is 18.2. The van der Waals surface area contributed by atoms with Gasteiger partial charge in [-0.05, 0) is 76.9 Å². The lowest BCUT2D eigenvalue weighted by Crippen LogP contribution is -2.75. The third-order valence-corrected chi connectivity index (χ3v) is 11.3. The summed E-state index contributed by atoms with van der Waals surface area (Å²) in [5.41, 5.74) is 12.5. The zero-order valence-electron chi connectivity index (χ0n) is 27.3. The molecule has 3 heterocycles. The van der Waals surface area contributed by atoms with E-state index in [1.54, 1.807) is 0 Å². The van der Waals surface area contributed by atoms with E-state index < -0.39 is 23.7 Å². The van der Waals surface area contributed by atoms with Crippen LogP contribution in [-0.4, -0.2) is 109 Å². The van der Waals surface area contributed by atoms with E-state index in [0.29, 0.717) is 13.1 Å². The number of nitrogens with zero attached hydrogens (tertiary/aromatic N) is 3. The van der Waals surface area contributed by atoms with Crippen molar-refractivity contribution in [3.63, 3.8) is 0 Å². The van der Waals surface area contributed by atoms with Crippen LogP contribution in [0.3, 0.4) is 0 Å². The van der Waals surface area contributed by atoms with Crippen molar-refractivity contribution in [1.29, 1.82) is 0 Å². The van der Waals surface area contributed by atoms with Crippen molar-refractivity contribution in [1.82, 2.24) is 20.4 Å². The lowest BCUT2D eigenvalue weighted by atomic mass is 9.69. The average Bonchev–Trinajstić information content (AvgIpc) is 2.93. The summed E-state index contributed by atoms with van der Waals surface area (Å²) in [6.07, 6.45) is 10.2. The molecule has 0 bridgehead atoms. The Kier molecular flexibility index (Phi) is 13.6. The molecule has 9 atom stereocenters. The highest BCUT2D eigenvalue weighted by atomic mass is 35.5. The van der Waals surface area contributed by atoms with Crippen LogP contribution in [0, 0.1) is 17.3 Å². The molecule has 7 N–H and O–H groups in total. The molecule has 3 rings (SSSR count). The predicted octanol–water partition coefficient (Wildman–Crippen LogP) is 2.92. The number of aliphatic hydroxyl groups is 1. The number of likely N-dealkylation sites (N-methyl/N-ethyl adjacent to an activating group) is 1. The number of halogens is 1. The monoisotopic (exact) mass is 611 g/mol. The first-order valence-electron chi connectivity index (χ1n) is 16.7. The summed E-state index contributed by atoms with van der Waals surface area (Å²) in [4.78, 5) is 24.1. The Balaban J connectivity index is 1.97. The van der Waals surface area contributed by atoms with E-state index in [1.165, 1.54) is 0 Å². The maximum absolute atomic E-state index is 14.6. The van der Waals surface area contributed by atoms with Crippen molar-refractivity contribution in [3.8, 4) is 0 Å². The quantitative estimate of drug-likeness (QED) is 0.169. The topological polar surface area (TPSA) is 132 Å². The van der Waals surface area contributed by atoms with Gasteiger partial charge in [0.1, 0.15) is 0 Å². The van der Waals surface area contributed by atoms with E-state index in [-0.39, 0.29) is 40.7 Å². The molecular weight excluding hydrogens is 550 g/mol. The van der Waals surface area contributed by atoms with Crippen molar-refractivity contribution in [2.75, 3.05) is 40.3 Å². The first-order chi connectivity index (χ1) is 19.9. The molecule has 2 saturated heterocycles. The van der Waals surface area contributed by atoms with Gasteiger partial charge < -0.3 is 32.1 Å². The second-order valence-electron chi connectivity index (χ2n) is 13.9. The molecule has 0 aromatic rings. The number of aliphatic imine (C=N–C) groups is 1. The van der Waals surface area contributed by atoms with Crippen LogP contribution in [0.4, 0.5) is 0 Å². The van der Waals surface area contributed by atoms with E-state index in [1.807, 2.05) is 20.3 Å². The van der Waals surface area contributed by atoms with Gasteiger partial charge in [-0.2, -0.15) is 0 Å². The summed E-state index contributed by atoms with van der Waals surface area (Å²) in [6.45, 7) is 12.0. The smallest absolute Gasteiger partial charge is 0.228 e. The van der Waals surface area contributed by atoms with Crippen molar-refractivity contribution >= 4 is 23.7 Å². The summed E-state index contributed by atoms with van der Waals surface area (Å²) < 4.78 is 0. The van der Waals surface area contributed by atoms with Crippen LogP contribution in [-0.2, 0) is 4.79 Å². The maximum Gasteiger partial charge on any atom is 0.228 e. The van der Waals surface area contributed by atoms with E-state index in [0.717, 1.165) is 77.3 Å². The maximum atomic E-state index is 14.6. The Morgan fingerprint density at radius 3 is 2.57 bits per heavy atom. The van der Waals surface area contributed by atoms with Crippen LogP contribution in [0.2, 0.25) is 0 Å². The molecule has 2 fully saturated rings. The van der Waals surface area contributed by atoms with Crippen molar-refractivity contribution < 1.29 is 9.90 Å². The van der Waals surface area contributed by atoms with E-state index in [4.69, 9.17) is 28.1 Å². The van der Waals surface area contributed by atoms with Gasteiger partial charge in [0, 0.05) is 37.9 Å². The molecule has 0 aliphatic carbocycles. The minimum absolute atomic E-state index is 0.0623. The first-order valence-corrected chi connectivity index (χ1v) is 17.2. The number of likely N-dealkylation sites (tertiary alicyclic amines) is 1. The number of aliphatic hydroxyl groups excluding tert-OH is 1. The Bertz CT molecular complexity index is 876. The highest BCUT2D eigenvalue weighted by molar-refractivity contribution is 6.28. The molecule has 0 saturated carbocycles. The highest BCUT2D eigenvalue weighted by Gasteiger charge is 2.51. The van der Waals surface area contributed by atoms with Gasteiger partial charge >= 0.3 is 0 Å². The van der Waals surface area contributed by atoms with Crippen LogP contribution in [0.25, 0.3) is 0 Å². The number of β-amino-alcohol motifs (C(OH)–C–C–N with tert-alkyl or cyclic N) is 1. The number of nitrogens with one attached hydrogen (secondary N) is 2. The fourth-order valence-electron chi connectivity index (χ4n) is 8.41. The summed E-state index contributed by atoms with van der Waals surface area (Å²) in [6, 6.07) is -0.0895. The molecule has 3 aliphatic heterocycles. The number of amides is 1. The zero-order chi connectivity index (χ0) is 31.1. The second kappa shape index (κ2) is 16.0. The average molecular weight is 612 g/mol. The molecule has 244 valence electrons. The first kappa shape index (κ1) is 35.7. The molecule has 0 radical (unpaired) electrons. The van der Waals surface area contributed by atoms with Gasteiger partial charge in [0.2, 0.25) is 5.91 Å². The second-order valence-corrected chi connectivity index (χ2v) is 14.5. The molecule has 7 unspecified atom stereocenters. The molecule has 1 amide bonds. The van der Waals surface area contributed by atoms with Crippen LogP contribution >= 0.6 is 11.6 Å². The minimum atomic E-state index is -0.845. The number of nitrogens with two attached hydrogens (primary N) is 2. The van der Waals surface area contributed by atoms with Gasteiger partial charge in [-0.3, -0.25) is 14.7 Å². The number of carbonyl (C=O) groups excluding carboxylic acids is 1. The number of piperidine rings is 2. The third kappa shape index (κ3) is 8.26. The molecule has 9 nitrogen and oxygen atoms in total. The van der Waals surface area contributed by atoms with Crippen molar-refractivity contribution in [2.45, 2.75) is 133 Å². The van der Waals surface area contributed by atoms with Gasteiger partial charge in [-0.15, -0.1) is 11.6 Å².